The Labute approximate surface area is 141 Å². The van der Waals surface area contributed by atoms with Gasteiger partial charge in [0.15, 0.2) is 0 Å². The fourth-order valence-electron chi connectivity index (χ4n) is 2.58. The number of aryl methyl sites for hydroxylation is 1. The maximum Gasteiger partial charge on any atom is 0.0861 e. The first-order valence-corrected chi connectivity index (χ1v) is 7.50. The molecule has 0 saturated carbocycles. The standard InChI is InChI=1S/C16H18ClN3O.ClH/c1-12-11-19-14(10-13-4-2-3-5-18-13)15(17)16(12)20-6-8-21-9-7-20;/h2-5,11H,6-10H2,1H3;1H. The zero-order valence-electron chi connectivity index (χ0n) is 12.5. The maximum absolute atomic E-state index is 6.62. The van der Waals surface area contributed by atoms with Crippen molar-refractivity contribution < 1.29 is 4.74 Å². The third kappa shape index (κ3) is 3.69. The molecule has 0 bridgehead atoms. The number of aromatic nitrogens is 2. The monoisotopic (exact) mass is 339 g/mol. The average Bonchev–Trinajstić information content (AvgIpc) is 2.52. The van der Waals surface area contributed by atoms with E-state index in [9.17, 15) is 0 Å². The molecule has 1 fully saturated rings. The molecule has 0 spiro atoms. The molecule has 0 aromatic carbocycles. The molecule has 0 N–H and O–H groups in total. The molecule has 1 saturated heterocycles. The molecule has 2 aromatic heterocycles. The Balaban J connectivity index is 0.00000176. The van der Waals surface area contributed by atoms with E-state index < -0.39 is 0 Å². The van der Waals surface area contributed by atoms with Gasteiger partial charge in [0.1, 0.15) is 0 Å². The van der Waals surface area contributed by atoms with E-state index in [1.54, 1.807) is 6.20 Å². The number of rotatable bonds is 3. The molecule has 6 heteroatoms. The second-order valence-corrected chi connectivity index (χ2v) is 5.53. The van der Waals surface area contributed by atoms with Crippen molar-refractivity contribution in [2.75, 3.05) is 31.2 Å². The molecule has 0 unspecified atom stereocenters. The van der Waals surface area contributed by atoms with Gasteiger partial charge in [-0.2, -0.15) is 0 Å². The van der Waals surface area contributed by atoms with E-state index in [0.717, 1.165) is 54.0 Å². The smallest absolute Gasteiger partial charge is 0.0861 e. The molecule has 0 amide bonds. The molecule has 0 atom stereocenters. The minimum atomic E-state index is 0. The van der Waals surface area contributed by atoms with Crippen LogP contribution in [-0.4, -0.2) is 36.3 Å². The van der Waals surface area contributed by atoms with Gasteiger partial charge in [-0.15, -0.1) is 12.4 Å². The van der Waals surface area contributed by atoms with Crippen molar-refractivity contribution in [2.45, 2.75) is 13.3 Å². The van der Waals surface area contributed by atoms with Crippen LogP contribution in [-0.2, 0) is 11.2 Å². The molecule has 22 heavy (non-hydrogen) atoms. The van der Waals surface area contributed by atoms with Crippen LogP contribution in [0.4, 0.5) is 5.69 Å². The number of anilines is 1. The third-order valence-corrected chi connectivity index (χ3v) is 4.05. The Morgan fingerprint density at radius 2 is 2.00 bits per heavy atom. The lowest BCUT2D eigenvalue weighted by Crippen LogP contribution is -2.37. The third-order valence-electron chi connectivity index (χ3n) is 3.65. The highest BCUT2D eigenvalue weighted by molar-refractivity contribution is 6.34. The molecule has 118 valence electrons. The molecule has 0 radical (unpaired) electrons. The lowest BCUT2D eigenvalue weighted by Gasteiger charge is -2.31. The summed E-state index contributed by atoms with van der Waals surface area (Å²) in [5.74, 6) is 0. The average molecular weight is 340 g/mol. The van der Waals surface area contributed by atoms with E-state index in [1.165, 1.54) is 0 Å². The number of ether oxygens (including phenoxy) is 1. The lowest BCUT2D eigenvalue weighted by atomic mass is 10.1. The first-order chi connectivity index (χ1) is 10.3. The van der Waals surface area contributed by atoms with Crippen molar-refractivity contribution in [3.05, 3.63) is 52.6 Å². The fraction of sp³-hybridized carbons (Fsp3) is 0.375. The minimum absolute atomic E-state index is 0. The van der Waals surface area contributed by atoms with Crippen molar-refractivity contribution >= 4 is 29.7 Å². The largest absolute Gasteiger partial charge is 0.378 e. The van der Waals surface area contributed by atoms with Gasteiger partial charge in [-0.25, -0.2) is 0 Å². The zero-order valence-corrected chi connectivity index (χ0v) is 14.0. The molecule has 3 rings (SSSR count). The number of morpholine rings is 1. The Kier molecular flexibility index (Phi) is 6.00. The Hall–Kier alpha value is -1.36. The Morgan fingerprint density at radius 1 is 1.23 bits per heavy atom. The van der Waals surface area contributed by atoms with Gasteiger partial charge in [0, 0.05) is 37.6 Å². The number of halogens is 2. The number of hydrogen-bond acceptors (Lipinski definition) is 4. The van der Waals surface area contributed by atoms with E-state index >= 15 is 0 Å². The van der Waals surface area contributed by atoms with E-state index in [1.807, 2.05) is 31.3 Å². The van der Waals surface area contributed by atoms with Crippen LogP contribution in [0.15, 0.2) is 30.6 Å². The summed E-state index contributed by atoms with van der Waals surface area (Å²) in [6.07, 6.45) is 4.34. The molecule has 2 aromatic rings. The van der Waals surface area contributed by atoms with Crippen LogP contribution in [0.25, 0.3) is 0 Å². The molecular formula is C16H19Cl2N3O. The van der Waals surface area contributed by atoms with Crippen molar-refractivity contribution in [3.8, 4) is 0 Å². The van der Waals surface area contributed by atoms with Crippen LogP contribution in [0.3, 0.4) is 0 Å². The molecule has 0 aliphatic carbocycles. The highest BCUT2D eigenvalue weighted by Crippen LogP contribution is 2.32. The molecular weight excluding hydrogens is 321 g/mol. The topological polar surface area (TPSA) is 38.2 Å². The van der Waals surface area contributed by atoms with E-state index in [4.69, 9.17) is 16.3 Å². The van der Waals surface area contributed by atoms with Crippen LogP contribution in [0, 0.1) is 6.92 Å². The fourth-order valence-corrected chi connectivity index (χ4v) is 2.96. The summed E-state index contributed by atoms with van der Waals surface area (Å²) in [6, 6.07) is 5.88. The van der Waals surface area contributed by atoms with Gasteiger partial charge in [-0.1, -0.05) is 17.7 Å². The van der Waals surface area contributed by atoms with Crippen molar-refractivity contribution in [2.24, 2.45) is 0 Å². The van der Waals surface area contributed by atoms with Crippen molar-refractivity contribution in [3.63, 3.8) is 0 Å². The van der Waals surface area contributed by atoms with Gasteiger partial charge >= 0.3 is 0 Å². The van der Waals surface area contributed by atoms with Gasteiger partial charge < -0.3 is 9.64 Å². The highest BCUT2D eigenvalue weighted by Gasteiger charge is 2.19. The van der Waals surface area contributed by atoms with Gasteiger partial charge in [0.2, 0.25) is 0 Å². The summed E-state index contributed by atoms with van der Waals surface area (Å²) in [6.45, 7) is 5.27. The first kappa shape index (κ1) is 17.0. The lowest BCUT2D eigenvalue weighted by molar-refractivity contribution is 0.122. The predicted molar refractivity (Wildman–Crippen MR) is 91.3 cm³/mol. The normalized spacial score (nSPS) is 14.5. The molecule has 4 nitrogen and oxygen atoms in total. The van der Waals surface area contributed by atoms with Gasteiger partial charge in [0.25, 0.3) is 0 Å². The SMILES string of the molecule is Cc1cnc(Cc2ccccn2)c(Cl)c1N1CCOCC1.Cl. The van der Waals surface area contributed by atoms with Crippen LogP contribution < -0.4 is 4.90 Å². The second-order valence-electron chi connectivity index (χ2n) is 5.15. The van der Waals surface area contributed by atoms with E-state index in [-0.39, 0.29) is 12.4 Å². The van der Waals surface area contributed by atoms with Crippen LogP contribution >= 0.6 is 24.0 Å². The van der Waals surface area contributed by atoms with Crippen LogP contribution in [0.5, 0.6) is 0 Å². The van der Waals surface area contributed by atoms with Gasteiger partial charge in [0.05, 0.1) is 29.6 Å². The Morgan fingerprint density at radius 3 is 2.68 bits per heavy atom. The molecule has 3 heterocycles. The number of hydrogen-bond donors (Lipinski definition) is 0. The van der Waals surface area contributed by atoms with Gasteiger partial charge in [-0.05, 0) is 24.6 Å². The first-order valence-electron chi connectivity index (χ1n) is 7.12. The van der Waals surface area contributed by atoms with Crippen molar-refractivity contribution in [1.29, 1.82) is 0 Å². The van der Waals surface area contributed by atoms with E-state index in [0.29, 0.717) is 6.42 Å². The number of nitrogens with zero attached hydrogens (tertiary/aromatic N) is 3. The summed E-state index contributed by atoms with van der Waals surface area (Å²) >= 11 is 6.62. The summed E-state index contributed by atoms with van der Waals surface area (Å²) in [7, 11) is 0. The summed E-state index contributed by atoms with van der Waals surface area (Å²) in [5.41, 5.74) is 4.04. The maximum atomic E-state index is 6.62. The molecule has 1 aliphatic rings. The van der Waals surface area contributed by atoms with Crippen LogP contribution in [0.1, 0.15) is 17.0 Å². The highest BCUT2D eigenvalue weighted by atomic mass is 35.5. The summed E-state index contributed by atoms with van der Waals surface area (Å²) < 4.78 is 5.42. The van der Waals surface area contributed by atoms with Crippen LogP contribution in [0.2, 0.25) is 5.02 Å². The Bertz CT molecular complexity index is 616. The number of pyridine rings is 2. The van der Waals surface area contributed by atoms with Crippen molar-refractivity contribution in [1.82, 2.24) is 9.97 Å². The predicted octanol–water partition coefficient (Wildman–Crippen LogP) is 3.29. The van der Waals surface area contributed by atoms with Gasteiger partial charge in [-0.3, -0.25) is 9.97 Å². The molecule has 1 aliphatic heterocycles. The summed E-state index contributed by atoms with van der Waals surface area (Å²) in [4.78, 5) is 11.1. The quantitative estimate of drug-likeness (QED) is 0.859. The zero-order chi connectivity index (χ0) is 14.7. The second kappa shape index (κ2) is 7.77. The summed E-state index contributed by atoms with van der Waals surface area (Å²) in [5, 5.41) is 0.738. The minimum Gasteiger partial charge on any atom is -0.378 e. The van der Waals surface area contributed by atoms with E-state index in [2.05, 4.69) is 14.9 Å².